The van der Waals surface area contributed by atoms with Crippen molar-refractivity contribution in [2.75, 3.05) is 20.3 Å². The quantitative estimate of drug-likeness (QED) is 0.656. The summed E-state index contributed by atoms with van der Waals surface area (Å²) in [6.07, 6.45) is 3.75. The van der Waals surface area contributed by atoms with Crippen LogP contribution in [0.5, 0.6) is 0 Å². The van der Waals surface area contributed by atoms with E-state index in [1.54, 1.807) is 0 Å². The van der Waals surface area contributed by atoms with Crippen molar-refractivity contribution >= 4 is 16.9 Å². The van der Waals surface area contributed by atoms with Gasteiger partial charge in [-0.25, -0.2) is 0 Å². The lowest BCUT2D eigenvalue weighted by Gasteiger charge is -2.62. The van der Waals surface area contributed by atoms with Crippen molar-refractivity contribution in [3.05, 3.63) is 47.2 Å². The number of fused-ring (bicyclic) bond motifs is 4. The Hall–Kier alpha value is -2.11. The third-order valence-corrected chi connectivity index (χ3v) is 7.46. The number of aliphatic hydroxyl groups excluding tert-OH is 1. The zero-order valence-corrected chi connectivity index (χ0v) is 16.1. The molecule has 5 heterocycles. The maximum absolute atomic E-state index is 13.0. The number of hydrogen-bond donors (Lipinski definition) is 1. The minimum atomic E-state index is -0.875. The van der Waals surface area contributed by atoms with E-state index in [0.29, 0.717) is 0 Å². The van der Waals surface area contributed by atoms with E-state index in [4.69, 9.17) is 4.74 Å². The van der Waals surface area contributed by atoms with Gasteiger partial charge in [0.1, 0.15) is 5.41 Å². The van der Waals surface area contributed by atoms with E-state index in [0.717, 1.165) is 19.4 Å². The molecule has 5 heteroatoms. The molecule has 1 N–H and O–H groups in total. The van der Waals surface area contributed by atoms with Gasteiger partial charge >= 0.3 is 5.97 Å². The standard InChI is InChI=1S/C22H26N2O3/c1-4-13-11-24-18-10-16(13)22(12-25,21(26)27-3)19(24)9-15-14-7-5-6-8-17(14)23(2)20(15)18/h4-8,16,18-19,25H,9-12H2,1-3H3/b13-4+/t16-,18-,19-,22+/m0/s1. The summed E-state index contributed by atoms with van der Waals surface area (Å²) in [5, 5.41) is 11.8. The van der Waals surface area contributed by atoms with Gasteiger partial charge in [-0.05, 0) is 31.4 Å². The minimum Gasteiger partial charge on any atom is -0.468 e. The Morgan fingerprint density at radius 2 is 2.19 bits per heavy atom. The largest absolute Gasteiger partial charge is 0.468 e. The van der Waals surface area contributed by atoms with Crippen LogP contribution in [-0.2, 0) is 23.0 Å². The summed E-state index contributed by atoms with van der Waals surface area (Å²) in [5.41, 5.74) is 4.34. The average Bonchev–Trinajstić information content (AvgIpc) is 3.00. The molecular formula is C22H26N2O3. The molecule has 0 amide bonds. The highest BCUT2D eigenvalue weighted by atomic mass is 16.5. The number of methoxy groups -OCH3 is 1. The number of aryl methyl sites for hydroxylation is 1. The number of ether oxygens (including phenoxy) is 1. The van der Waals surface area contributed by atoms with Crippen molar-refractivity contribution in [3.8, 4) is 0 Å². The van der Waals surface area contributed by atoms with Crippen LogP contribution in [0.4, 0.5) is 0 Å². The molecule has 4 aliphatic rings. The molecule has 1 unspecified atom stereocenters. The number of carbonyl (C=O) groups excluding carboxylic acids is 1. The number of nitrogens with zero attached hydrogens (tertiary/aromatic N) is 2. The van der Waals surface area contributed by atoms with E-state index >= 15 is 0 Å². The van der Waals surface area contributed by atoms with Crippen LogP contribution >= 0.6 is 0 Å². The second kappa shape index (κ2) is 5.69. The zero-order chi connectivity index (χ0) is 18.9. The summed E-state index contributed by atoms with van der Waals surface area (Å²) in [6.45, 7) is 2.74. The highest BCUT2D eigenvalue weighted by Gasteiger charge is 2.65. The maximum atomic E-state index is 13.0. The summed E-state index contributed by atoms with van der Waals surface area (Å²) in [7, 11) is 3.59. The molecule has 0 aliphatic carbocycles. The van der Waals surface area contributed by atoms with Crippen LogP contribution < -0.4 is 0 Å². The Balaban J connectivity index is 1.76. The van der Waals surface area contributed by atoms with E-state index in [-0.39, 0.29) is 30.6 Å². The maximum Gasteiger partial charge on any atom is 0.316 e. The lowest BCUT2D eigenvalue weighted by atomic mass is 9.55. The first-order valence-corrected chi connectivity index (χ1v) is 9.74. The van der Waals surface area contributed by atoms with Crippen molar-refractivity contribution in [3.63, 3.8) is 0 Å². The number of hydrogen-bond acceptors (Lipinski definition) is 4. The van der Waals surface area contributed by atoms with Gasteiger partial charge in [0.05, 0.1) is 19.8 Å². The molecule has 1 aromatic carbocycles. The molecule has 3 fully saturated rings. The number of piperidine rings is 3. The monoisotopic (exact) mass is 366 g/mol. The lowest BCUT2D eigenvalue weighted by molar-refractivity contribution is -0.183. The van der Waals surface area contributed by atoms with Crippen LogP contribution in [-0.4, -0.2) is 46.8 Å². The number of carbonyl (C=O) groups is 1. The van der Waals surface area contributed by atoms with E-state index in [9.17, 15) is 9.90 Å². The summed E-state index contributed by atoms with van der Waals surface area (Å²) in [5.74, 6) is -0.239. The Morgan fingerprint density at radius 1 is 1.41 bits per heavy atom. The van der Waals surface area contributed by atoms with Gasteiger partial charge in [0.15, 0.2) is 0 Å². The predicted octanol–water partition coefficient (Wildman–Crippen LogP) is 2.58. The fraction of sp³-hybridized carbons (Fsp3) is 0.500. The molecule has 0 saturated carbocycles. The van der Waals surface area contributed by atoms with E-state index in [1.807, 2.05) is 6.92 Å². The molecule has 0 spiro atoms. The number of aliphatic hydroxyl groups is 1. The first kappa shape index (κ1) is 17.0. The van der Waals surface area contributed by atoms with Gasteiger partial charge in [0.2, 0.25) is 0 Å². The van der Waals surface area contributed by atoms with Crippen molar-refractivity contribution in [2.45, 2.75) is 31.8 Å². The first-order chi connectivity index (χ1) is 13.1. The Labute approximate surface area is 159 Å². The van der Waals surface area contributed by atoms with Gasteiger partial charge in [0.25, 0.3) is 0 Å². The molecule has 4 aliphatic heterocycles. The van der Waals surface area contributed by atoms with Crippen LogP contribution in [0.2, 0.25) is 0 Å². The Morgan fingerprint density at radius 3 is 2.89 bits per heavy atom. The van der Waals surface area contributed by atoms with Crippen LogP contribution in [0, 0.1) is 11.3 Å². The van der Waals surface area contributed by atoms with Crippen LogP contribution in [0.3, 0.4) is 0 Å². The van der Waals surface area contributed by atoms with Crippen LogP contribution in [0.15, 0.2) is 35.9 Å². The lowest BCUT2D eigenvalue weighted by Crippen LogP contribution is -2.69. The summed E-state index contributed by atoms with van der Waals surface area (Å²) < 4.78 is 7.58. The van der Waals surface area contributed by atoms with Gasteiger partial charge in [-0.3, -0.25) is 9.69 Å². The van der Waals surface area contributed by atoms with E-state index in [1.165, 1.54) is 34.8 Å². The van der Waals surface area contributed by atoms with Crippen molar-refractivity contribution < 1.29 is 14.6 Å². The number of para-hydroxylation sites is 1. The molecule has 6 rings (SSSR count). The molecule has 5 atom stereocenters. The fourth-order valence-electron chi connectivity index (χ4n) is 6.27. The van der Waals surface area contributed by atoms with Gasteiger partial charge in [-0.1, -0.05) is 29.8 Å². The van der Waals surface area contributed by atoms with Crippen LogP contribution in [0.1, 0.15) is 30.6 Å². The average molecular weight is 366 g/mol. The minimum absolute atomic E-state index is 0.0271. The molecular weight excluding hydrogens is 340 g/mol. The van der Waals surface area contributed by atoms with Gasteiger partial charge in [0, 0.05) is 42.1 Å². The molecule has 1 aromatic heterocycles. The van der Waals surface area contributed by atoms with Crippen molar-refractivity contribution in [1.29, 1.82) is 0 Å². The Bertz CT molecular complexity index is 975. The SMILES string of the molecule is C/C=C1\CN2[C@H]3Cc4c(n(C)c5ccccc45)[C@@H]2C[C@@H]1[C@@]3(CO)C(=O)OC. The second-order valence-electron chi connectivity index (χ2n) is 8.19. The second-order valence-corrected chi connectivity index (χ2v) is 8.19. The molecule has 4 bridgehead atoms. The third-order valence-electron chi connectivity index (χ3n) is 7.46. The van der Waals surface area contributed by atoms with Gasteiger partial charge in [-0.2, -0.15) is 0 Å². The number of benzene rings is 1. The highest BCUT2D eigenvalue weighted by molar-refractivity contribution is 5.87. The molecule has 5 nitrogen and oxygen atoms in total. The van der Waals surface area contributed by atoms with Crippen LogP contribution in [0.25, 0.3) is 10.9 Å². The normalized spacial score (nSPS) is 35.5. The fourth-order valence-corrected chi connectivity index (χ4v) is 6.27. The van der Waals surface area contributed by atoms with Crippen molar-refractivity contribution in [1.82, 2.24) is 9.47 Å². The molecule has 2 aromatic rings. The number of rotatable bonds is 2. The van der Waals surface area contributed by atoms with E-state index in [2.05, 4.69) is 46.9 Å². The summed E-state index contributed by atoms with van der Waals surface area (Å²) >= 11 is 0. The number of allylic oxidation sites excluding steroid dienone is 1. The smallest absolute Gasteiger partial charge is 0.316 e. The van der Waals surface area contributed by atoms with Crippen molar-refractivity contribution in [2.24, 2.45) is 18.4 Å². The molecule has 0 radical (unpaired) electrons. The predicted molar refractivity (Wildman–Crippen MR) is 103 cm³/mol. The van der Waals surface area contributed by atoms with Gasteiger partial charge < -0.3 is 14.4 Å². The molecule has 27 heavy (non-hydrogen) atoms. The number of aromatic nitrogens is 1. The summed E-state index contributed by atoms with van der Waals surface area (Å²) in [4.78, 5) is 15.5. The van der Waals surface area contributed by atoms with Gasteiger partial charge in [-0.15, -0.1) is 0 Å². The third kappa shape index (κ3) is 1.89. The number of esters is 1. The Kier molecular flexibility index (Phi) is 3.59. The van der Waals surface area contributed by atoms with E-state index < -0.39 is 5.41 Å². The zero-order valence-electron chi connectivity index (χ0n) is 16.1. The molecule has 142 valence electrons. The first-order valence-electron chi connectivity index (χ1n) is 9.74. The summed E-state index contributed by atoms with van der Waals surface area (Å²) in [6, 6.07) is 8.77. The highest BCUT2D eigenvalue weighted by Crippen LogP contribution is 2.60. The molecule has 3 saturated heterocycles. The topological polar surface area (TPSA) is 54.7 Å².